The van der Waals surface area contributed by atoms with Crippen molar-refractivity contribution in [2.45, 2.75) is 24.7 Å². The lowest BCUT2D eigenvalue weighted by Crippen LogP contribution is -2.48. The zero-order chi connectivity index (χ0) is 16.0. The Balaban J connectivity index is 1.94. The predicted octanol–water partition coefficient (Wildman–Crippen LogP) is 1.59. The molecular formula is C16H26N2O3S. The zero-order valence-corrected chi connectivity index (χ0v) is 14.3. The highest BCUT2D eigenvalue weighted by Crippen LogP contribution is 2.18. The summed E-state index contributed by atoms with van der Waals surface area (Å²) in [7, 11) is -1.65. The number of aryl methyl sites for hydroxylation is 1. The Labute approximate surface area is 133 Å². The first kappa shape index (κ1) is 17.4. The van der Waals surface area contributed by atoms with Crippen LogP contribution in [0.25, 0.3) is 0 Å². The molecule has 0 radical (unpaired) electrons. The standard InChI is InChI=1S/C16H26N2O3S/c1-3-15-5-7-16(8-6-15)22(19,20)18-12-10-17(11-13-18)9-4-14-21-2/h5-8H,3-4,9-14H2,1-2H3. The smallest absolute Gasteiger partial charge is 0.243 e. The van der Waals surface area contributed by atoms with E-state index in [2.05, 4.69) is 11.8 Å². The third-order valence-electron chi connectivity index (χ3n) is 4.12. The Hall–Kier alpha value is -0.950. The molecule has 1 saturated heterocycles. The maximum Gasteiger partial charge on any atom is 0.243 e. The number of sulfonamides is 1. The lowest BCUT2D eigenvalue weighted by molar-refractivity contribution is 0.149. The molecule has 2 rings (SSSR count). The lowest BCUT2D eigenvalue weighted by atomic mass is 10.2. The molecule has 0 amide bonds. The second-order valence-corrected chi connectivity index (χ2v) is 7.53. The summed E-state index contributed by atoms with van der Waals surface area (Å²) in [6, 6.07) is 7.24. The van der Waals surface area contributed by atoms with Crippen LogP contribution in [-0.4, -0.2) is 64.1 Å². The van der Waals surface area contributed by atoms with Crippen molar-refractivity contribution in [3.8, 4) is 0 Å². The molecule has 1 heterocycles. The van der Waals surface area contributed by atoms with Crippen molar-refractivity contribution in [2.24, 2.45) is 0 Å². The van der Waals surface area contributed by atoms with E-state index in [1.807, 2.05) is 12.1 Å². The SMILES string of the molecule is CCc1ccc(S(=O)(=O)N2CCN(CCCOC)CC2)cc1. The molecule has 6 heteroatoms. The Morgan fingerprint density at radius 3 is 2.27 bits per heavy atom. The molecule has 1 aromatic carbocycles. The zero-order valence-electron chi connectivity index (χ0n) is 13.5. The molecule has 1 aromatic rings. The molecule has 0 bridgehead atoms. The minimum Gasteiger partial charge on any atom is -0.385 e. The van der Waals surface area contributed by atoms with E-state index in [-0.39, 0.29) is 0 Å². The van der Waals surface area contributed by atoms with Gasteiger partial charge in [-0.1, -0.05) is 19.1 Å². The Morgan fingerprint density at radius 2 is 1.73 bits per heavy atom. The Bertz CT molecular complexity index is 549. The molecule has 1 fully saturated rings. The van der Waals surface area contributed by atoms with Crippen molar-refractivity contribution < 1.29 is 13.2 Å². The molecule has 0 aromatic heterocycles. The van der Waals surface area contributed by atoms with Gasteiger partial charge in [0.25, 0.3) is 0 Å². The topological polar surface area (TPSA) is 49.9 Å². The molecular weight excluding hydrogens is 300 g/mol. The van der Waals surface area contributed by atoms with E-state index < -0.39 is 10.0 Å². The summed E-state index contributed by atoms with van der Waals surface area (Å²) < 4.78 is 31.9. The molecule has 0 N–H and O–H groups in total. The van der Waals surface area contributed by atoms with Gasteiger partial charge in [-0.25, -0.2) is 8.42 Å². The summed E-state index contributed by atoms with van der Waals surface area (Å²) in [6.45, 7) is 6.48. The maximum atomic E-state index is 12.6. The molecule has 0 atom stereocenters. The summed E-state index contributed by atoms with van der Waals surface area (Å²) >= 11 is 0. The summed E-state index contributed by atoms with van der Waals surface area (Å²) in [5.74, 6) is 0. The minimum absolute atomic E-state index is 0.400. The number of hydrogen-bond donors (Lipinski definition) is 0. The number of benzene rings is 1. The van der Waals surface area contributed by atoms with Crippen LogP contribution in [0.2, 0.25) is 0 Å². The summed E-state index contributed by atoms with van der Waals surface area (Å²) in [5.41, 5.74) is 1.15. The highest BCUT2D eigenvalue weighted by atomic mass is 32.2. The number of ether oxygens (including phenoxy) is 1. The molecule has 1 aliphatic heterocycles. The van der Waals surface area contributed by atoms with Crippen LogP contribution in [0.1, 0.15) is 18.9 Å². The molecule has 0 saturated carbocycles. The van der Waals surface area contributed by atoms with Gasteiger partial charge in [0, 0.05) is 46.4 Å². The van der Waals surface area contributed by atoms with Crippen molar-refractivity contribution in [3.05, 3.63) is 29.8 Å². The van der Waals surface area contributed by atoms with Crippen molar-refractivity contribution in [1.82, 2.24) is 9.21 Å². The van der Waals surface area contributed by atoms with Gasteiger partial charge >= 0.3 is 0 Å². The van der Waals surface area contributed by atoms with Crippen LogP contribution in [0.5, 0.6) is 0 Å². The number of piperazine rings is 1. The van der Waals surface area contributed by atoms with Gasteiger partial charge < -0.3 is 9.64 Å². The monoisotopic (exact) mass is 326 g/mol. The highest BCUT2D eigenvalue weighted by Gasteiger charge is 2.28. The van der Waals surface area contributed by atoms with Crippen LogP contribution >= 0.6 is 0 Å². The van der Waals surface area contributed by atoms with Gasteiger partial charge in [-0.2, -0.15) is 4.31 Å². The summed E-state index contributed by atoms with van der Waals surface area (Å²) in [6.07, 6.45) is 1.90. The van der Waals surface area contributed by atoms with Crippen molar-refractivity contribution >= 4 is 10.0 Å². The van der Waals surface area contributed by atoms with Crippen LogP contribution in [0, 0.1) is 0 Å². The first-order valence-electron chi connectivity index (χ1n) is 7.88. The first-order chi connectivity index (χ1) is 10.6. The van der Waals surface area contributed by atoms with Crippen LogP contribution in [0.15, 0.2) is 29.2 Å². The van der Waals surface area contributed by atoms with E-state index in [9.17, 15) is 8.42 Å². The van der Waals surface area contributed by atoms with Crippen LogP contribution in [0.3, 0.4) is 0 Å². The molecule has 0 spiro atoms. The normalized spacial score (nSPS) is 17.7. The van der Waals surface area contributed by atoms with E-state index in [1.54, 1.807) is 23.5 Å². The molecule has 5 nitrogen and oxygen atoms in total. The molecule has 22 heavy (non-hydrogen) atoms. The van der Waals surface area contributed by atoms with Gasteiger partial charge in [-0.3, -0.25) is 0 Å². The average Bonchev–Trinajstić information content (AvgIpc) is 2.55. The molecule has 0 aliphatic carbocycles. The van der Waals surface area contributed by atoms with E-state index in [0.29, 0.717) is 18.0 Å². The maximum absolute atomic E-state index is 12.6. The molecule has 0 unspecified atom stereocenters. The Kier molecular flexibility index (Phi) is 6.37. The third kappa shape index (κ3) is 4.29. The minimum atomic E-state index is -3.35. The molecule has 124 valence electrons. The number of nitrogens with zero attached hydrogens (tertiary/aromatic N) is 2. The van der Waals surface area contributed by atoms with Gasteiger partial charge in [0.1, 0.15) is 0 Å². The fraction of sp³-hybridized carbons (Fsp3) is 0.625. The summed E-state index contributed by atoms with van der Waals surface area (Å²) in [4.78, 5) is 2.70. The quantitative estimate of drug-likeness (QED) is 0.714. The third-order valence-corrected chi connectivity index (χ3v) is 6.04. The van der Waals surface area contributed by atoms with E-state index in [1.165, 1.54) is 0 Å². The first-order valence-corrected chi connectivity index (χ1v) is 9.32. The fourth-order valence-corrected chi connectivity index (χ4v) is 4.09. The van der Waals surface area contributed by atoms with E-state index in [4.69, 9.17) is 4.74 Å². The van der Waals surface area contributed by atoms with Crippen LogP contribution in [0.4, 0.5) is 0 Å². The van der Waals surface area contributed by atoms with Gasteiger partial charge in [0.05, 0.1) is 4.90 Å². The number of hydrogen-bond acceptors (Lipinski definition) is 4. The summed E-state index contributed by atoms with van der Waals surface area (Å²) in [5, 5.41) is 0. The fourth-order valence-electron chi connectivity index (χ4n) is 2.67. The molecule has 1 aliphatic rings. The van der Waals surface area contributed by atoms with Crippen molar-refractivity contribution in [1.29, 1.82) is 0 Å². The van der Waals surface area contributed by atoms with Gasteiger partial charge in [0.15, 0.2) is 0 Å². The largest absolute Gasteiger partial charge is 0.385 e. The second-order valence-electron chi connectivity index (χ2n) is 5.59. The lowest BCUT2D eigenvalue weighted by Gasteiger charge is -2.33. The van der Waals surface area contributed by atoms with Crippen LogP contribution in [-0.2, 0) is 21.2 Å². The van der Waals surface area contributed by atoms with E-state index in [0.717, 1.165) is 44.6 Å². The number of rotatable bonds is 7. The highest BCUT2D eigenvalue weighted by molar-refractivity contribution is 7.89. The van der Waals surface area contributed by atoms with Crippen molar-refractivity contribution in [3.63, 3.8) is 0 Å². The van der Waals surface area contributed by atoms with Crippen LogP contribution < -0.4 is 0 Å². The predicted molar refractivity (Wildman–Crippen MR) is 87.5 cm³/mol. The van der Waals surface area contributed by atoms with E-state index >= 15 is 0 Å². The van der Waals surface area contributed by atoms with Gasteiger partial charge in [-0.05, 0) is 30.5 Å². The van der Waals surface area contributed by atoms with Gasteiger partial charge in [-0.15, -0.1) is 0 Å². The van der Waals surface area contributed by atoms with Crippen molar-refractivity contribution in [2.75, 3.05) is 46.4 Å². The van der Waals surface area contributed by atoms with Gasteiger partial charge in [0.2, 0.25) is 10.0 Å². The number of methoxy groups -OCH3 is 1. The Morgan fingerprint density at radius 1 is 1.09 bits per heavy atom. The second kappa shape index (κ2) is 8.06. The average molecular weight is 326 g/mol.